The Morgan fingerprint density at radius 3 is 1.18 bits per heavy atom. The van der Waals surface area contributed by atoms with Crippen LogP contribution < -0.4 is 19.3 Å². The van der Waals surface area contributed by atoms with Crippen molar-refractivity contribution in [3.05, 3.63) is 167 Å². The third-order valence-electron chi connectivity index (χ3n) is 8.62. The van der Waals surface area contributed by atoms with Crippen LogP contribution in [0.2, 0.25) is 0 Å². The second-order valence-electron chi connectivity index (χ2n) is 12.0. The predicted octanol–water partition coefficient (Wildman–Crippen LogP) is 7.87. The number of anilines is 2. The van der Waals surface area contributed by atoms with Gasteiger partial charge >= 0.3 is 0 Å². The van der Waals surface area contributed by atoms with E-state index >= 15 is 0 Å². The van der Waals surface area contributed by atoms with Crippen molar-refractivity contribution in [3.8, 4) is 34.5 Å². The highest BCUT2D eigenvalue weighted by atomic mass is 16.5. The first-order valence-electron chi connectivity index (χ1n) is 15.9. The van der Waals surface area contributed by atoms with E-state index in [1.165, 1.54) is 24.3 Å². The van der Waals surface area contributed by atoms with Gasteiger partial charge in [0.25, 0.3) is 23.6 Å². The van der Waals surface area contributed by atoms with Gasteiger partial charge in [-0.3, -0.25) is 19.2 Å². The molecule has 0 spiro atoms. The minimum absolute atomic E-state index is 0.0470. The lowest BCUT2D eigenvalue weighted by Gasteiger charge is -2.13. The molecule has 2 N–H and O–H groups in total. The summed E-state index contributed by atoms with van der Waals surface area (Å²) < 4.78 is 12.0. The van der Waals surface area contributed by atoms with Crippen LogP contribution in [0, 0.1) is 0 Å². The molecule has 51 heavy (non-hydrogen) atoms. The molecule has 0 unspecified atom stereocenters. The monoisotopic (exact) mass is 674 g/mol. The number of aromatic hydroxyl groups is 2. The third kappa shape index (κ3) is 5.80. The van der Waals surface area contributed by atoms with Crippen LogP contribution in [-0.4, -0.2) is 33.8 Å². The van der Waals surface area contributed by atoms with Gasteiger partial charge in [-0.25, -0.2) is 9.80 Å². The topological polar surface area (TPSA) is 134 Å². The number of hydrogen-bond donors (Lipinski definition) is 2. The van der Waals surface area contributed by atoms with E-state index in [-0.39, 0.29) is 45.1 Å². The number of phenols is 2. The first-order valence-corrected chi connectivity index (χ1v) is 15.9. The average Bonchev–Trinajstić information content (AvgIpc) is 3.53. The molecule has 0 saturated carbocycles. The van der Waals surface area contributed by atoms with Gasteiger partial charge < -0.3 is 19.7 Å². The quantitative estimate of drug-likeness (QED) is 0.156. The van der Waals surface area contributed by atoms with E-state index in [1.54, 1.807) is 60.7 Å². The van der Waals surface area contributed by atoms with E-state index in [0.29, 0.717) is 29.4 Å². The summed E-state index contributed by atoms with van der Waals surface area (Å²) in [5.74, 6) is -0.0766. The number of nitrogens with zero attached hydrogens (tertiary/aromatic N) is 2. The molecule has 0 saturated heterocycles. The number of benzene rings is 6. The second-order valence-corrected chi connectivity index (χ2v) is 12.0. The molecule has 0 aliphatic carbocycles. The Bertz CT molecular complexity index is 2230. The fourth-order valence-electron chi connectivity index (χ4n) is 6.16. The van der Waals surface area contributed by atoms with Crippen LogP contribution in [0.1, 0.15) is 52.6 Å². The highest BCUT2D eigenvalue weighted by Gasteiger charge is 2.38. The lowest BCUT2D eigenvalue weighted by atomic mass is 10.0. The fourth-order valence-corrected chi connectivity index (χ4v) is 6.16. The van der Waals surface area contributed by atoms with Crippen molar-refractivity contribution < 1.29 is 38.9 Å². The molecule has 0 atom stereocenters. The van der Waals surface area contributed by atoms with Crippen molar-refractivity contribution in [1.82, 2.24) is 0 Å². The maximum absolute atomic E-state index is 13.1. The molecule has 8 rings (SSSR count). The molecule has 10 nitrogen and oxygen atoms in total. The van der Waals surface area contributed by atoms with Gasteiger partial charge in [-0.1, -0.05) is 36.4 Å². The van der Waals surface area contributed by atoms with Crippen molar-refractivity contribution >= 4 is 35.0 Å². The molecule has 0 bridgehead atoms. The Hall–Kier alpha value is -7.20. The average molecular weight is 675 g/mol. The molecule has 4 amide bonds. The summed E-state index contributed by atoms with van der Waals surface area (Å²) >= 11 is 0. The van der Waals surface area contributed by atoms with Crippen LogP contribution in [-0.2, 0) is 6.42 Å². The van der Waals surface area contributed by atoms with Gasteiger partial charge in [0.2, 0.25) is 0 Å². The Labute approximate surface area is 291 Å². The first kappa shape index (κ1) is 31.1. The zero-order chi connectivity index (χ0) is 35.2. The van der Waals surface area contributed by atoms with E-state index in [1.807, 2.05) is 48.5 Å². The van der Waals surface area contributed by atoms with Gasteiger partial charge in [-0.05, 0) is 102 Å². The van der Waals surface area contributed by atoms with Crippen LogP contribution in [0.4, 0.5) is 11.4 Å². The minimum Gasteiger partial charge on any atom is -0.508 e. The smallest absolute Gasteiger partial charge is 0.266 e. The maximum atomic E-state index is 13.1. The van der Waals surface area contributed by atoms with Gasteiger partial charge in [0.1, 0.15) is 34.5 Å². The number of phenolic OH excluding ortho intramolecular Hbond substituents is 2. The molecule has 0 radical (unpaired) electrons. The number of amides is 4. The van der Waals surface area contributed by atoms with Crippen molar-refractivity contribution in [1.29, 1.82) is 0 Å². The number of imide groups is 2. The molecule has 0 fully saturated rings. The molecule has 2 aliphatic rings. The van der Waals surface area contributed by atoms with E-state index in [2.05, 4.69) is 0 Å². The number of carbonyl (C=O) groups excluding carboxylic acids is 4. The lowest BCUT2D eigenvalue weighted by molar-refractivity contribution is 0.0910. The van der Waals surface area contributed by atoms with Gasteiger partial charge in [0, 0.05) is 12.1 Å². The summed E-state index contributed by atoms with van der Waals surface area (Å²) in [7, 11) is 0. The van der Waals surface area contributed by atoms with Crippen molar-refractivity contribution in [2.45, 2.75) is 6.42 Å². The predicted molar refractivity (Wildman–Crippen MR) is 187 cm³/mol. The summed E-state index contributed by atoms with van der Waals surface area (Å²) in [6.07, 6.45) is 0.640. The van der Waals surface area contributed by atoms with E-state index in [0.717, 1.165) is 20.9 Å². The third-order valence-corrected chi connectivity index (χ3v) is 8.62. The Morgan fingerprint density at radius 2 is 0.784 bits per heavy atom. The molecule has 0 aromatic heterocycles. The van der Waals surface area contributed by atoms with Crippen LogP contribution >= 0.6 is 0 Å². The number of hydrogen-bond acceptors (Lipinski definition) is 8. The van der Waals surface area contributed by atoms with Crippen LogP contribution in [0.15, 0.2) is 133 Å². The molecular weight excluding hydrogens is 648 g/mol. The summed E-state index contributed by atoms with van der Waals surface area (Å²) in [5, 5.41) is 19.6. The number of fused-ring (bicyclic) bond motifs is 2. The number of ether oxygens (including phenoxy) is 2. The molecule has 248 valence electrons. The summed E-state index contributed by atoms with van der Waals surface area (Å²) in [5.41, 5.74) is 3.62. The van der Waals surface area contributed by atoms with E-state index in [9.17, 15) is 29.4 Å². The highest BCUT2D eigenvalue weighted by Crippen LogP contribution is 2.35. The molecular formula is C41H26N2O8. The van der Waals surface area contributed by atoms with Gasteiger partial charge in [0.15, 0.2) is 0 Å². The fraction of sp³-hybridized carbons (Fsp3) is 0.0244. The van der Waals surface area contributed by atoms with Gasteiger partial charge in [0.05, 0.1) is 33.6 Å². The van der Waals surface area contributed by atoms with Crippen LogP contribution in [0.5, 0.6) is 34.5 Å². The van der Waals surface area contributed by atoms with E-state index < -0.39 is 23.6 Å². The molecule has 10 heteroatoms. The standard InChI is InChI=1S/C41H26N2O8/c44-28-5-1-3-26(20-28)42-38(46)34-17-15-32(22-36(34)40(42)48)50-30-11-7-24(8-12-30)19-25-9-13-31(14-10-25)51-33-16-18-35-37(23-33)41(49)43(39(35)47)27-4-2-6-29(45)21-27/h1-18,20-23,44-45H,19H2. The summed E-state index contributed by atoms with van der Waals surface area (Å²) in [4.78, 5) is 54.2. The van der Waals surface area contributed by atoms with Gasteiger partial charge in [-0.2, -0.15) is 0 Å². The van der Waals surface area contributed by atoms with Crippen molar-refractivity contribution in [2.24, 2.45) is 0 Å². The maximum Gasteiger partial charge on any atom is 0.266 e. The van der Waals surface area contributed by atoms with Crippen LogP contribution in [0.3, 0.4) is 0 Å². The molecule has 6 aromatic rings. The normalized spacial score (nSPS) is 13.4. The van der Waals surface area contributed by atoms with Crippen LogP contribution in [0.25, 0.3) is 0 Å². The van der Waals surface area contributed by atoms with E-state index in [4.69, 9.17) is 9.47 Å². The van der Waals surface area contributed by atoms with Crippen molar-refractivity contribution in [2.75, 3.05) is 9.80 Å². The SMILES string of the molecule is O=C1c2ccc(Oc3ccc(Cc4ccc(Oc5ccc6c(c5)C(=O)N(c5cccc(O)c5)C6=O)cc4)cc3)cc2C(=O)N1c1cccc(O)c1. The molecule has 2 aliphatic heterocycles. The van der Waals surface area contributed by atoms with Crippen molar-refractivity contribution in [3.63, 3.8) is 0 Å². The Kier molecular flexibility index (Phi) is 7.53. The highest BCUT2D eigenvalue weighted by molar-refractivity contribution is 6.35. The zero-order valence-electron chi connectivity index (χ0n) is 26.6. The lowest BCUT2D eigenvalue weighted by Crippen LogP contribution is -2.29. The Balaban J connectivity index is 0.899. The minimum atomic E-state index is -0.491. The first-order chi connectivity index (χ1) is 24.7. The number of rotatable bonds is 8. The molecule has 2 heterocycles. The number of carbonyl (C=O) groups is 4. The second kappa shape index (κ2) is 12.4. The largest absolute Gasteiger partial charge is 0.508 e. The zero-order valence-corrected chi connectivity index (χ0v) is 26.6. The van der Waals surface area contributed by atoms with Gasteiger partial charge in [-0.15, -0.1) is 0 Å². The molecule has 6 aromatic carbocycles. The summed E-state index contributed by atoms with van der Waals surface area (Å²) in [6, 6.07) is 36.5. The summed E-state index contributed by atoms with van der Waals surface area (Å²) in [6.45, 7) is 0. The Morgan fingerprint density at radius 1 is 0.412 bits per heavy atom.